The second-order valence-corrected chi connectivity index (χ2v) is 4.90. The molecule has 0 aliphatic heterocycles. The summed E-state index contributed by atoms with van der Waals surface area (Å²) in [5, 5.41) is 0. The summed E-state index contributed by atoms with van der Waals surface area (Å²) in [5.74, 6) is -0.920. The van der Waals surface area contributed by atoms with Gasteiger partial charge in [-0.25, -0.2) is 0 Å². The van der Waals surface area contributed by atoms with Crippen molar-refractivity contribution in [2.75, 3.05) is 6.61 Å². The van der Waals surface area contributed by atoms with E-state index in [-0.39, 0.29) is 4.88 Å². The molecule has 0 aliphatic rings. The molecule has 0 radical (unpaired) electrons. The molecule has 19 heavy (non-hydrogen) atoms. The zero-order valence-electron chi connectivity index (χ0n) is 9.43. The third kappa shape index (κ3) is 4.50. The molecule has 0 unspecified atom stereocenters. The summed E-state index contributed by atoms with van der Waals surface area (Å²) in [6.07, 6.45) is -15.2. The van der Waals surface area contributed by atoms with Crippen LogP contribution in [0.4, 0.5) is 26.3 Å². The Morgan fingerprint density at radius 3 is 2.11 bits per heavy atom. The molecule has 0 amide bonds. The summed E-state index contributed by atoms with van der Waals surface area (Å²) < 4.78 is 76.4. The highest BCUT2D eigenvalue weighted by molar-refractivity contribution is 7.14. The highest BCUT2D eigenvalue weighted by Gasteiger charge is 2.58. The minimum Gasteiger partial charge on any atom is -0.353 e. The Kier molecular flexibility index (Phi) is 4.62. The Morgan fingerprint density at radius 1 is 1.21 bits per heavy atom. The van der Waals surface area contributed by atoms with Gasteiger partial charge in [-0.15, -0.1) is 11.3 Å². The molecule has 1 aromatic rings. The first-order valence-electron chi connectivity index (χ1n) is 4.86. The zero-order valence-corrected chi connectivity index (χ0v) is 10.2. The van der Waals surface area contributed by atoms with Gasteiger partial charge in [0.1, 0.15) is 6.61 Å². The van der Waals surface area contributed by atoms with Gasteiger partial charge in [-0.2, -0.15) is 26.3 Å². The van der Waals surface area contributed by atoms with Crippen molar-refractivity contribution in [2.45, 2.75) is 25.4 Å². The minimum absolute atomic E-state index is 0.0561. The van der Waals surface area contributed by atoms with Gasteiger partial charge in [-0.3, -0.25) is 4.79 Å². The van der Waals surface area contributed by atoms with Crippen LogP contribution < -0.4 is 0 Å². The van der Waals surface area contributed by atoms with Crippen molar-refractivity contribution in [3.05, 3.63) is 21.9 Å². The third-order valence-corrected chi connectivity index (χ3v) is 3.03. The number of rotatable bonds is 4. The predicted molar refractivity (Wildman–Crippen MR) is 55.2 cm³/mol. The maximum Gasteiger partial charge on any atom is 0.423 e. The molecule has 0 fully saturated rings. The lowest BCUT2D eigenvalue weighted by Gasteiger charge is -2.22. The second-order valence-electron chi connectivity index (χ2n) is 3.61. The molecule has 2 nitrogen and oxygen atoms in total. The Bertz CT molecular complexity index is 434. The summed E-state index contributed by atoms with van der Waals surface area (Å²) >= 11 is 0.970. The van der Waals surface area contributed by atoms with Crippen molar-refractivity contribution < 1.29 is 35.9 Å². The molecule has 0 bridgehead atoms. The van der Waals surface area contributed by atoms with Crippen molar-refractivity contribution in [2.24, 2.45) is 0 Å². The molecule has 1 heterocycles. The Morgan fingerprint density at radius 2 is 1.74 bits per heavy atom. The fourth-order valence-corrected chi connectivity index (χ4v) is 1.98. The van der Waals surface area contributed by atoms with E-state index in [1.807, 2.05) is 0 Å². The van der Waals surface area contributed by atoms with Crippen LogP contribution in [-0.2, 0) is 4.74 Å². The quantitative estimate of drug-likeness (QED) is 0.625. The molecule has 0 saturated carbocycles. The molecule has 9 heteroatoms. The van der Waals surface area contributed by atoms with Gasteiger partial charge in [0, 0.05) is 4.88 Å². The zero-order chi connectivity index (χ0) is 14.8. The van der Waals surface area contributed by atoms with E-state index in [2.05, 4.69) is 4.74 Å². The molecule has 0 N–H and O–H groups in total. The Hall–Kier alpha value is -1.09. The minimum atomic E-state index is -5.61. The van der Waals surface area contributed by atoms with Gasteiger partial charge in [-0.1, -0.05) is 0 Å². The SMILES string of the molecule is Cc1ccc(C(=O)COC(C(F)(F)F)C(F)(F)F)s1. The smallest absolute Gasteiger partial charge is 0.353 e. The largest absolute Gasteiger partial charge is 0.423 e. The van der Waals surface area contributed by atoms with Crippen LogP contribution in [0.2, 0.25) is 0 Å². The Labute approximate surface area is 108 Å². The van der Waals surface area contributed by atoms with Crippen molar-refractivity contribution in [3.8, 4) is 0 Å². The van der Waals surface area contributed by atoms with E-state index in [0.717, 1.165) is 11.3 Å². The number of ether oxygens (including phenoxy) is 1. The van der Waals surface area contributed by atoms with Crippen LogP contribution in [0.1, 0.15) is 14.5 Å². The lowest BCUT2D eigenvalue weighted by atomic mass is 10.3. The number of ketones is 1. The summed E-state index contributed by atoms with van der Waals surface area (Å²) in [4.78, 5) is 12.1. The maximum absolute atomic E-state index is 12.1. The van der Waals surface area contributed by atoms with E-state index in [9.17, 15) is 31.1 Å². The molecule has 0 spiro atoms. The van der Waals surface area contributed by atoms with Gasteiger partial charge in [-0.05, 0) is 19.1 Å². The van der Waals surface area contributed by atoms with E-state index in [0.29, 0.717) is 4.88 Å². The van der Waals surface area contributed by atoms with E-state index in [4.69, 9.17) is 0 Å². The number of alkyl halides is 6. The van der Waals surface area contributed by atoms with Crippen LogP contribution in [0.15, 0.2) is 12.1 Å². The van der Waals surface area contributed by atoms with Crippen LogP contribution in [0.25, 0.3) is 0 Å². The number of carbonyl (C=O) groups is 1. The number of hydrogen-bond donors (Lipinski definition) is 0. The molecular weight excluding hydrogens is 298 g/mol. The molecule has 0 atom stereocenters. The Balaban J connectivity index is 2.70. The normalized spacial score (nSPS) is 13.1. The van der Waals surface area contributed by atoms with Crippen molar-refractivity contribution in [1.82, 2.24) is 0 Å². The average Bonchev–Trinajstić information content (AvgIpc) is 2.60. The fourth-order valence-electron chi connectivity index (χ4n) is 1.19. The third-order valence-electron chi connectivity index (χ3n) is 1.99. The lowest BCUT2D eigenvalue weighted by molar-refractivity contribution is -0.318. The molecular formula is C10H8F6O2S. The number of hydrogen-bond acceptors (Lipinski definition) is 3. The average molecular weight is 306 g/mol. The summed E-state index contributed by atoms with van der Waals surface area (Å²) in [6.45, 7) is 0.375. The van der Waals surface area contributed by atoms with Gasteiger partial charge in [0.15, 0.2) is 5.78 Å². The van der Waals surface area contributed by atoms with E-state index in [1.54, 1.807) is 6.92 Å². The van der Waals surface area contributed by atoms with Gasteiger partial charge < -0.3 is 4.74 Å². The van der Waals surface area contributed by atoms with E-state index in [1.165, 1.54) is 12.1 Å². The number of aryl methyl sites for hydroxylation is 1. The molecule has 0 aliphatic carbocycles. The highest BCUT2D eigenvalue weighted by Crippen LogP contribution is 2.35. The van der Waals surface area contributed by atoms with Gasteiger partial charge in [0.25, 0.3) is 0 Å². The van der Waals surface area contributed by atoms with Crippen molar-refractivity contribution in [3.63, 3.8) is 0 Å². The molecule has 108 valence electrons. The van der Waals surface area contributed by atoms with Crippen LogP contribution in [0.5, 0.6) is 0 Å². The van der Waals surface area contributed by atoms with Crippen LogP contribution in [0, 0.1) is 6.92 Å². The number of Topliss-reactive ketones (excluding diaryl/α,β-unsaturated/α-hetero) is 1. The summed E-state index contributed by atoms with van der Waals surface area (Å²) in [6, 6.07) is 2.85. The van der Waals surface area contributed by atoms with Crippen molar-refractivity contribution >= 4 is 17.1 Å². The molecule has 1 aromatic heterocycles. The van der Waals surface area contributed by atoms with Crippen LogP contribution in [-0.4, -0.2) is 30.8 Å². The summed E-state index contributed by atoms with van der Waals surface area (Å²) in [7, 11) is 0. The number of thiophene rings is 1. The first-order chi connectivity index (χ1) is 8.51. The van der Waals surface area contributed by atoms with E-state index < -0.39 is 30.8 Å². The predicted octanol–water partition coefficient (Wildman–Crippen LogP) is 3.75. The summed E-state index contributed by atoms with van der Waals surface area (Å²) in [5.41, 5.74) is 0. The molecule has 0 aromatic carbocycles. The van der Waals surface area contributed by atoms with Crippen LogP contribution >= 0.6 is 11.3 Å². The number of halogens is 6. The molecule has 1 rings (SSSR count). The topological polar surface area (TPSA) is 26.3 Å². The van der Waals surface area contributed by atoms with Crippen LogP contribution in [0.3, 0.4) is 0 Å². The first kappa shape index (κ1) is 16.0. The monoisotopic (exact) mass is 306 g/mol. The first-order valence-corrected chi connectivity index (χ1v) is 5.68. The highest BCUT2D eigenvalue weighted by atomic mass is 32.1. The van der Waals surface area contributed by atoms with E-state index >= 15 is 0 Å². The standard InChI is InChI=1S/C10H8F6O2S/c1-5-2-3-7(19-5)6(17)4-18-8(9(11,12)13)10(14,15)16/h2-3,8H,4H2,1H3. The van der Waals surface area contributed by atoms with Gasteiger partial charge in [0.05, 0.1) is 4.88 Å². The second kappa shape index (κ2) is 5.49. The van der Waals surface area contributed by atoms with Crippen molar-refractivity contribution in [1.29, 1.82) is 0 Å². The van der Waals surface area contributed by atoms with Gasteiger partial charge in [0.2, 0.25) is 6.10 Å². The fraction of sp³-hybridized carbons (Fsp3) is 0.500. The lowest BCUT2D eigenvalue weighted by Crippen LogP contribution is -2.45. The molecule has 0 saturated heterocycles. The maximum atomic E-state index is 12.1. The van der Waals surface area contributed by atoms with Gasteiger partial charge >= 0.3 is 12.4 Å². The number of carbonyl (C=O) groups excluding carboxylic acids is 1.